The summed E-state index contributed by atoms with van der Waals surface area (Å²) < 4.78 is 30.6. The van der Waals surface area contributed by atoms with Gasteiger partial charge in [0.1, 0.15) is 42.0 Å². The van der Waals surface area contributed by atoms with Crippen LogP contribution in [-0.4, -0.2) is 101 Å². The summed E-state index contributed by atoms with van der Waals surface area (Å²) in [5, 5.41) is 23.9. The smallest absolute Gasteiger partial charge is 0.327 e. The molecule has 7 rings (SSSR count). The Balaban J connectivity index is 1.19. The molecular formula is C36H48N2O11. The van der Waals surface area contributed by atoms with Crippen molar-refractivity contribution < 1.29 is 53.1 Å². The third-order valence-corrected chi connectivity index (χ3v) is 10.5. The number of amides is 1. The van der Waals surface area contributed by atoms with E-state index >= 15 is 0 Å². The van der Waals surface area contributed by atoms with Gasteiger partial charge in [-0.05, 0) is 70.1 Å². The van der Waals surface area contributed by atoms with Crippen molar-refractivity contribution in [1.29, 1.82) is 0 Å². The second kappa shape index (κ2) is 13.2. The molecule has 49 heavy (non-hydrogen) atoms. The molecule has 1 aromatic rings. The lowest BCUT2D eigenvalue weighted by atomic mass is 9.62. The van der Waals surface area contributed by atoms with Crippen LogP contribution in [-0.2, 0) is 49.5 Å². The maximum atomic E-state index is 14.7. The van der Waals surface area contributed by atoms with Gasteiger partial charge in [0.2, 0.25) is 5.91 Å². The van der Waals surface area contributed by atoms with E-state index in [4.69, 9.17) is 33.6 Å². The average molecular weight is 685 g/mol. The number of benzene rings is 1. The molecule has 3 saturated carbocycles. The number of hydroxylamine groups is 2. The standard InChI is InChI=1S/C36H48N2O11/c1-34(2,3)46-27(41)13-12-25(20-40)37-33(43)35-18-26-28-29(48-36(47-28,23-8-9-23)24-10-11-24)31(35)49-38(30(35)32(42)45-26)19-22-7-5-4-6-21(22)14-16-44-17-15-39/h4-7,14,16,23-26,28-31,39-40H,8-13,15,17-20H2,1-3H3,(H,37,43). The third kappa shape index (κ3) is 6.49. The van der Waals surface area contributed by atoms with Crippen molar-refractivity contribution in [2.24, 2.45) is 17.3 Å². The lowest BCUT2D eigenvalue weighted by molar-refractivity contribution is -0.235. The molecule has 2 bridgehead atoms. The van der Waals surface area contributed by atoms with Crippen LogP contribution in [0.1, 0.15) is 76.8 Å². The van der Waals surface area contributed by atoms with Crippen LogP contribution in [0.4, 0.5) is 0 Å². The van der Waals surface area contributed by atoms with Crippen LogP contribution >= 0.6 is 0 Å². The summed E-state index contributed by atoms with van der Waals surface area (Å²) in [6.45, 7) is 5.12. The van der Waals surface area contributed by atoms with E-state index in [0.717, 1.165) is 36.8 Å². The van der Waals surface area contributed by atoms with Gasteiger partial charge < -0.3 is 39.2 Å². The number of carbonyl (C=O) groups excluding carboxylic acids is 3. The van der Waals surface area contributed by atoms with E-state index in [-0.39, 0.29) is 50.9 Å². The topological polar surface area (TPSA) is 162 Å². The summed E-state index contributed by atoms with van der Waals surface area (Å²) in [7, 11) is 0. The fraction of sp³-hybridized carbons (Fsp3) is 0.694. The monoisotopic (exact) mass is 684 g/mol. The number of hydrogen-bond donors (Lipinski definition) is 3. The normalized spacial score (nSPS) is 32.4. The van der Waals surface area contributed by atoms with Crippen molar-refractivity contribution in [2.75, 3.05) is 19.8 Å². The molecule has 0 radical (unpaired) electrons. The number of rotatable bonds is 14. The molecule has 6 fully saturated rings. The van der Waals surface area contributed by atoms with Gasteiger partial charge in [0.15, 0.2) is 11.8 Å². The molecule has 3 heterocycles. The lowest BCUT2D eigenvalue weighted by Crippen LogP contribution is -2.70. The van der Waals surface area contributed by atoms with Gasteiger partial charge in [-0.15, -0.1) is 0 Å². The maximum absolute atomic E-state index is 14.7. The van der Waals surface area contributed by atoms with Crippen LogP contribution in [0.5, 0.6) is 0 Å². The Morgan fingerprint density at radius 3 is 2.49 bits per heavy atom. The van der Waals surface area contributed by atoms with Crippen molar-refractivity contribution >= 4 is 23.9 Å². The van der Waals surface area contributed by atoms with Crippen molar-refractivity contribution in [3.8, 4) is 0 Å². The molecule has 7 unspecified atom stereocenters. The number of nitrogens with zero attached hydrogens (tertiary/aromatic N) is 1. The van der Waals surface area contributed by atoms with Crippen LogP contribution in [0.2, 0.25) is 0 Å². The molecule has 1 amide bonds. The molecule has 0 aromatic heterocycles. The van der Waals surface area contributed by atoms with Gasteiger partial charge in [0, 0.05) is 24.7 Å². The van der Waals surface area contributed by atoms with E-state index in [1.165, 1.54) is 6.26 Å². The number of carbonyl (C=O) groups is 3. The Bertz CT molecular complexity index is 1440. The number of ether oxygens (including phenoxy) is 5. The van der Waals surface area contributed by atoms with Crippen molar-refractivity contribution in [1.82, 2.24) is 10.4 Å². The van der Waals surface area contributed by atoms with Gasteiger partial charge in [-0.2, -0.15) is 5.06 Å². The molecule has 3 N–H and O–H groups in total. The van der Waals surface area contributed by atoms with Gasteiger partial charge in [-0.25, -0.2) is 0 Å². The summed E-state index contributed by atoms with van der Waals surface area (Å²) in [5.74, 6) is -1.76. The molecule has 3 saturated heterocycles. The summed E-state index contributed by atoms with van der Waals surface area (Å²) in [6.07, 6.45) is 4.72. The maximum Gasteiger partial charge on any atom is 0.327 e. The highest BCUT2D eigenvalue weighted by atomic mass is 16.8. The van der Waals surface area contributed by atoms with Gasteiger partial charge in [0.05, 0.1) is 32.1 Å². The molecule has 7 atom stereocenters. The Labute approximate surface area is 286 Å². The van der Waals surface area contributed by atoms with Gasteiger partial charge in [-0.1, -0.05) is 24.3 Å². The number of fused-ring (bicyclic) bond motifs is 4. The fourth-order valence-corrected chi connectivity index (χ4v) is 8.13. The highest BCUT2D eigenvalue weighted by Crippen LogP contribution is 2.63. The van der Waals surface area contributed by atoms with Crippen molar-refractivity contribution in [2.45, 2.75) is 120 Å². The van der Waals surface area contributed by atoms with Crippen LogP contribution in [0.25, 0.3) is 6.08 Å². The van der Waals surface area contributed by atoms with Crippen molar-refractivity contribution in [3.05, 3.63) is 41.7 Å². The van der Waals surface area contributed by atoms with Gasteiger partial charge >= 0.3 is 11.9 Å². The predicted octanol–water partition coefficient (Wildman–Crippen LogP) is 2.37. The Morgan fingerprint density at radius 2 is 1.82 bits per heavy atom. The first-order chi connectivity index (χ1) is 23.5. The first-order valence-electron chi connectivity index (χ1n) is 17.6. The highest BCUT2D eigenvalue weighted by Gasteiger charge is 2.78. The largest absolute Gasteiger partial charge is 0.499 e. The number of aliphatic hydroxyl groups excluding tert-OH is 2. The molecule has 3 aliphatic carbocycles. The minimum absolute atomic E-state index is 0.00477. The van der Waals surface area contributed by atoms with E-state index in [1.54, 1.807) is 31.9 Å². The zero-order chi connectivity index (χ0) is 34.6. The number of hydrogen-bond acceptors (Lipinski definition) is 12. The second-order valence-corrected chi connectivity index (χ2v) is 15.2. The molecule has 1 aromatic carbocycles. The van der Waals surface area contributed by atoms with E-state index in [9.17, 15) is 19.5 Å². The molecule has 3 aliphatic heterocycles. The van der Waals surface area contributed by atoms with Gasteiger partial charge in [0.25, 0.3) is 0 Å². The highest BCUT2D eigenvalue weighted by molar-refractivity contribution is 5.93. The van der Waals surface area contributed by atoms with Crippen LogP contribution < -0.4 is 5.32 Å². The Morgan fingerprint density at radius 1 is 1.10 bits per heavy atom. The molecular weight excluding hydrogens is 636 g/mol. The minimum Gasteiger partial charge on any atom is -0.499 e. The molecule has 268 valence electrons. The Kier molecular flexibility index (Phi) is 9.29. The van der Waals surface area contributed by atoms with Crippen LogP contribution in [0.15, 0.2) is 30.5 Å². The lowest BCUT2D eigenvalue weighted by Gasteiger charge is -2.49. The SMILES string of the molecule is CC(C)(C)OC(=O)CCC(CO)NC(=O)C12CC3OC(=O)C1N(Cc1ccccc1C=COCCO)OC2C1OC(C2CC2)(C2CC2)OC31. The first-order valence-corrected chi connectivity index (χ1v) is 17.6. The summed E-state index contributed by atoms with van der Waals surface area (Å²) in [5.41, 5.74) is -0.458. The second-order valence-electron chi connectivity index (χ2n) is 15.2. The zero-order valence-corrected chi connectivity index (χ0v) is 28.4. The Hall–Kier alpha value is -3.07. The average Bonchev–Trinajstić information content (AvgIpc) is 4.00. The first kappa shape index (κ1) is 34.4. The van der Waals surface area contributed by atoms with Crippen LogP contribution in [0, 0.1) is 17.3 Å². The van der Waals surface area contributed by atoms with Crippen LogP contribution in [0.3, 0.4) is 0 Å². The predicted molar refractivity (Wildman–Crippen MR) is 172 cm³/mol. The third-order valence-electron chi connectivity index (χ3n) is 10.5. The van der Waals surface area contributed by atoms with E-state index in [1.807, 2.05) is 24.3 Å². The van der Waals surface area contributed by atoms with Gasteiger partial charge in [-0.3, -0.25) is 19.2 Å². The zero-order valence-electron chi connectivity index (χ0n) is 28.4. The van der Waals surface area contributed by atoms with E-state index < -0.39 is 77.8 Å². The molecule has 6 aliphatic rings. The fourth-order valence-electron chi connectivity index (χ4n) is 8.13. The summed E-state index contributed by atoms with van der Waals surface area (Å²) in [6, 6.07) is 5.69. The molecule has 13 heteroatoms. The summed E-state index contributed by atoms with van der Waals surface area (Å²) >= 11 is 0. The quantitative estimate of drug-likeness (QED) is 0.149. The molecule has 13 nitrogen and oxygen atoms in total. The molecule has 0 spiro atoms. The van der Waals surface area contributed by atoms with E-state index in [0.29, 0.717) is 0 Å². The number of nitrogens with one attached hydrogen (secondary N) is 1. The minimum atomic E-state index is -1.41. The summed E-state index contributed by atoms with van der Waals surface area (Å²) in [4.78, 5) is 47.9. The number of esters is 2. The van der Waals surface area contributed by atoms with Crippen molar-refractivity contribution in [3.63, 3.8) is 0 Å². The van der Waals surface area contributed by atoms with E-state index in [2.05, 4.69) is 5.32 Å². The number of aliphatic hydroxyl groups is 2.